The molecule has 2 aliphatic rings. The molecule has 0 saturated heterocycles. The minimum atomic E-state index is 0.158. The quantitative estimate of drug-likeness (QED) is 0.887. The molecule has 1 atom stereocenters. The van der Waals surface area contributed by atoms with Crippen LogP contribution in [0.4, 0.5) is 5.69 Å². The summed E-state index contributed by atoms with van der Waals surface area (Å²) in [7, 11) is 1.85. The molecule has 1 amide bonds. The summed E-state index contributed by atoms with van der Waals surface area (Å²) in [5.74, 6) is 1.05. The minimum Gasteiger partial charge on any atom is -0.324 e. The van der Waals surface area contributed by atoms with Crippen LogP contribution in [0, 0.1) is 5.92 Å². The molecule has 1 saturated carbocycles. The summed E-state index contributed by atoms with van der Waals surface area (Å²) in [4.78, 5) is 13.4. The van der Waals surface area contributed by atoms with Crippen LogP contribution in [0.3, 0.4) is 0 Å². The average molecular weight is 244 g/mol. The number of hydrogen-bond donors (Lipinski definition) is 1. The largest absolute Gasteiger partial charge is 0.324 e. The van der Waals surface area contributed by atoms with E-state index in [0.717, 1.165) is 24.4 Å². The van der Waals surface area contributed by atoms with Crippen molar-refractivity contribution in [1.82, 2.24) is 0 Å². The van der Waals surface area contributed by atoms with E-state index >= 15 is 0 Å². The number of amides is 1. The molecule has 3 nitrogen and oxygen atoms in total. The van der Waals surface area contributed by atoms with Crippen molar-refractivity contribution in [1.29, 1.82) is 0 Å². The summed E-state index contributed by atoms with van der Waals surface area (Å²) in [6.07, 6.45) is 5.26. The lowest BCUT2D eigenvalue weighted by Crippen LogP contribution is -2.31. The summed E-state index contributed by atoms with van der Waals surface area (Å²) in [5, 5.41) is 0. The van der Waals surface area contributed by atoms with E-state index in [9.17, 15) is 4.79 Å². The maximum atomic E-state index is 11.6. The van der Waals surface area contributed by atoms with Gasteiger partial charge in [-0.15, -0.1) is 0 Å². The Morgan fingerprint density at radius 1 is 1.39 bits per heavy atom. The molecule has 2 N–H and O–H groups in total. The summed E-state index contributed by atoms with van der Waals surface area (Å²) in [6, 6.07) is 6.49. The predicted molar refractivity (Wildman–Crippen MR) is 72.4 cm³/mol. The fourth-order valence-electron chi connectivity index (χ4n) is 2.76. The van der Waals surface area contributed by atoms with Crippen LogP contribution in [0.1, 0.15) is 42.9 Å². The van der Waals surface area contributed by atoms with Crippen LogP contribution in [0.15, 0.2) is 18.2 Å². The maximum absolute atomic E-state index is 11.6. The Morgan fingerprint density at radius 3 is 2.89 bits per heavy atom. The SMILES string of the molecule is CN1C(=O)CCc2cc(C(N)CC3CC3)ccc21. The Balaban J connectivity index is 1.83. The smallest absolute Gasteiger partial charge is 0.227 e. The number of carbonyl (C=O) groups excluding carboxylic acids is 1. The number of anilines is 1. The van der Waals surface area contributed by atoms with Crippen molar-refractivity contribution < 1.29 is 4.79 Å². The van der Waals surface area contributed by atoms with Gasteiger partial charge in [0.25, 0.3) is 0 Å². The first-order valence-corrected chi connectivity index (χ1v) is 6.80. The zero-order valence-corrected chi connectivity index (χ0v) is 10.9. The molecule has 1 fully saturated rings. The number of fused-ring (bicyclic) bond motifs is 1. The van der Waals surface area contributed by atoms with E-state index in [0.29, 0.717) is 6.42 Å². The van der Waals surface area contributed by atoms with E-state index in [4.69, 9.17) is 5.73 Å². The fourth-order valence-corrected chi connectivity index (χ4v) is 2.76. The van der Waals surface area contributed by atoms with Crippen molar-refractivity contribution in [3.05, 3.63) is 29.3 Å². The lowest BCUT2D eigenvalue weighted by atomic mass is 9.95. The van der Waals surface area contributed by atoms with Crippen LogP contribution < -0.4 is 10.6 Å². The first kappa shape index (κ1) is 11.7. The van der Waals surface area contributed by atoms with Crippen LogP contribution in [0.5, 0.6) is 0 Å². The second kappa shape index (κ2) is 4.39. The molecule has 0 bridgehead atoms. The molecule has 3 heteroatoms. The fraction of sp³-hybridized carbons (Fsp3) is 0.533. The van der Waals surface area contributed by atoms with Crippen LogP contribution in [0.2, 0.25) is 0 Å². The van der Waals surface area contributed by atoms with Crippen molar-refractivity contribution in [3.63, 3.8) is 0 Å². The normalized spacial score (nSPS) is 20.8. The summed E-state index contributed by atoms with van der Waals surface area (Å²) in [6.45, 7) is 0. The van der Waals surface area contributed by atoms with E-state index in [1.165, 1.54) is 24.0 Å². The van der Waals surface area contributed by atoms with Crippen LogP contribution in [-0.2, 0) is 11.2 Å². The van der Waals surface area contributed by atoms with Gasteiger partial charge in [0.15, 0.2) is 0 Å². The third kappa shape index (κ3) is 2.15. The highest BCUT2D eigenvalue weighted by Crippen LogP contribution is 2.37. The minimum absolute atomic E-state index is 0.158. The van der Waals surface area contributed by atoms with Gasteiger partial charge in [-0.1, -0.05) is 25.0 Å². The average Bonchev–Trinajstić information content (AvgIpc) is 3.17. The van der Waals surface area contributed by atoms with Gasteiger partial charge in [0.05, 0.1) is 0 Å². The van der Waals surface area contributed by atoms with Gasteiger partial charge in [-0.3, -0.25) is 4.79 Å². The highest BCUT2D eigenvalue weighted by molar-refractivity contribution is 5.95. The molecule has 96 valence electrons. The van der Waals surface area contributed by atoms with Gasteiger partial charge < -0.3 is 10.6 Å². The van der Waals surface area contributed by atoms with Crippen LogP contribution in [-0.4, -0.2) is 13.0 Å². The highest BCUT2D eigenvalue weighted by Gasteiger charge is 2.26. The highest BCUT2D eigenvalue weighted by atomic mass is 16.2. The van der Waals surface area contributed by atoms with E-state index < -0.39 is 0 Å². The van der Waals surface area contributed by atoms with Gasteiger partial charge in [-0.25, -0.2) is 0 Å². The van der Waals surface area contributed by atoms with Crippen LogP contribution in [0.25, 0.3) is 0 Å². The van der Waals surface area contributed by atoms with Gasteiger partial charge in [-0.2, -0.15) is 0 Å². The predicted octanol–water partition coefficient (Wildman–Crippen LogP) is 2.40. The van der Waals surface area contributed by atoms with E-state index in [1.54, 1.807) is 4.90 Å². The van der Waals surface area contributed by atoms with Crippen molar-refractivity contribution in [2.75, 3.05) is 11.9 Å². The Bertz CT molecular complexity index is 479. The topological polar surface area (TPSA) is 46.3 Å². The molecule has 1 aliphatic carbocycles. The molecule has 0 radical (unpaired) electrons. The monoisotopic (exact) mass is 244 g/mol. The number of carbonyl (C=O) groups is 1. The third-order valence-electron chi connectivity index (χ3n) is 4.16. The van der Waals surface area contributed by atoms with E-state index in [-0.39, 0.29) is 11.9 Å². The molecular weight excluding hydrogens is 224 g/mol. The second-order valence-electron chi connectivity index (χ2n) is 5.63. The first-order valence-electron chi connectivity index (χ1n) is 6.80. The standard InChI is InChI=1S/C15H20N2O/c1-17-14-6-4-11(13(16)8-10-2-3-10)9-12(14)5-7-15(17)18/h4,6,9-10,13H,2-3,5,7-8,16H2,1H3. The second-order valence-corrected chi connectivity index (χ2v) is 5.63. The lowest BCUT2D eigenvalue weighted by molar-refractivity contribution is -0.118. The molecule has 1 unspecified atom stereocenters. The van der Waals surface area contributed by atoms with Gasteiger partial charge in [0.1, 0.15) is 0 Å². The number of nitrogens with zero attached hydrogens (tertiary/aromatic N) is 1. The molecule has 1 aromatic carbocycles. The number of aryl methyl sites for hydroxylation is 1. The zero-order chi connectivity index (χ0) is 12.7. The van der Waals surface area contributed by atoms with Crippen molar-refractivity contribution >= 4 is 11.6 Å². The molecule has 1 aromatic rings. The summed E-state index contributed by atoms with van der Waals surface area (Å²) in [5.41, 5.74) is 9.79. The summed E-state index contributed by atoms with van der Waals surface area (Å²) < 4.78 is 0. The molecule has 1 aliphatic heterocycles. The molecule has 0 spiro atoms. The molecule has 1 heterocycles. The van der Waals surface area contributed by atoms with Gasteiger partial charge in [-0.05, 0) is 36.0 Å². The first-order chi connectivity index (χ1) is 8.65. The Morgan fingerprint density at radius 2 is 2.17 bits per heavy atom. The van der Waals surface area contributed by atoms with E-state index in [2.05, 4.69) is 18.2 Å². The molecule has 0 aromatic heterocycles. The van der Waals surface area contributed by atoms with Crippen molar-refractivity contribution in [2.45, 2.75) is 38.1 Å². The summed E-state index contributed by atoms with van der Waals surface area (Å²) >= 11 is 0. The van der Waals surface area contributed by atoms with Gasteiger partial charge in [0.2, 0.25) is 5.91 Å². The van der Waals surface area contributed by atoms with Crippen LogP contribution >= 0.6 is 0 Å². The number of rotatable bonds is 3. The van der Waals surface area contributed by atoms with E-state index in [1.807, 2.05) is 7.05 Å². The maximum Gasteiger partial charge on any atom is 0.227 e. The van der Waals surface area contributed by atoms with Crippen molar-refractivity contribution in [2.24, 2.45) is 11.7 Å². The number of hydrogen-bond acceptors (Lipinski definition) is 2. The Kier molecular flexibility index (Phi) is 2.86. The molecule has 3 rings (SSSR count). The Hall–Kier alpha value is -1.35. The van der Waals surface area contributed by atoms with Gasteiger partial charge in [0, 0.05) is 25.2 Å². The number of benzene rings is 1. The Labute approximate surface area is 108 Å². The number of nitrogens with two attached hydrogens (primary N) is 1. The van der Waals surface area contributed by atoms with Crippen molar-refractivity contribution in [3.8, 4) is 0 Å². The zero-order valence-electron chi connectivity index (χ0n) is 10.9. The lowest BCUT2D eigenvalue weighted by Gasteiger charge is -2.26. The molecule has 18 heavy (non-hydrogen) atoms. The molecular formula is C15H20N2O. The van der Waals surface area contributed by atoms with Gasteiger partial charge >= 0.3 is 0 Å². The third-order valence-corrected chi connectivity index (χ3v) is 4.16.